The molecule has 0 bridgehead atoms. The Labute approximate surface area is 298 Å². The molecule has 11 rings (SSSR count). The van der Waals surface area contributed by atoms with Gasteiger partial charge in [-0.1, -0.05) is 152 Å². The van der Waals surface area contributed by atoms with Crippen molar-refractivity contribution in [3.63, 3.8) is 0 Å². The van der Waals surface area contributed by atoms with Gasteiger partial charge in [-0.15, -0.1) is 0 Å². The average Bonchev–Trinajstić information content (AvgIpc) is 3.75. The molecule has 0 aliphatic heterocycles. The third-order valence-corrected chi connectivity index (χ3v) is 10.3. The third-order valence-electron chi connectivity index (χ3n) is 10.3. The molecule has 11 aromatic rings. The summed E-state index contributed by atoms with van der Waals surface area (Å²) < 4.78 is 4.72. The van der Waals surface area contributed by atoms with Gasteiger partial charge in [0.25, 0.3) is 0 Å². The Morgan fingerprint density at radius 3 is 1.50 bits per heavy atom. The van der Waals surface area contributed by atoms with E-state index < -0.39 is 0 Å². The van der Waals surface area contributed by atoms with Gasteiger partial charge in [-0.25, -0.2) is 4.98 Å². The molecule has 0 saturated carbocycles. The standard InChI is InChI=1S/C47H29N5/c1-4-17-31(18-5-1)45-48-46(32-19-6-2-7-20-32)50-47(49-45)52-39-27-15-12-24-35(39)41-40-34-23-11-10-16-30(34)28-29-37(40)43-42(44(41)52)36-25-13-14-26-38(36)51(43)33-21-8-3-9-22-33/h1-29H. The van der Waals surface area contributed by atoms with E-state index in [-0.39, 0.29) is 0 Å². The first-order valence-electron chi connectivity index (χ1n) is 17.6. The van der Waals surface area contributed by atoms with Gasteiger partial charge in [0, 0.05) is 49.1 Å². The lowest BCUT2D eigenvalue weighted by molar-refractivity contribution is 0.955. The maximum Gasteiger partial charge on any atom is 0.238 e. The van der Waals surface area contributed by atoms with Crippen molar-refractivity contribution in [3.05, 3.63) is 176 Å². The minimum atomic E-state index is 0.580. The zero-order chi connectivity index (χ0) is 34.2. The summed E-state index contributed by atoms with van der Waals surface area (Å²) in [4.78, 5) is 15.7. The number of para-hydroxylation sites is 3. The fraction of sp³-hybridized carbons (Fsp3) is 0. The largest absolute Gasteiger partial charge is 0.309 e. The molecule has 0 fully saturated rings. The van der Waals surface area contributed by atoms with Crippen LogP contribution < -0.4 is 0 Å². The van der Waals surface area contributed by atoms with Crippen molar-refractivity contribution >= 4 is 65.2 Å². The molecule has 3 aromatic heterocycles. The number of benzene rings is 8. The van der Waals surface area contributed by atoms with Gasteiger partial charge in [0.2, 0.25) is 5.95 Å². The highest BCUT2D eigenvalue weighted by Crippen LogP contribution is 2.48. The van der Waals surface area contributed by atoms with Crippen molar-refractivity contribution in [2.45, 2.75) is 0 Å². The molecule has 0 amide bonds. The van der Waals surface area contributed by atoms with Gasteiger partial charge in [-0.05, 0) is 35.0 Å². The zero-order valence-electron chi connectivity index (χ0n) is 28.0. The van der Waals surface area contributed by atoms with E-state index >= 15 is 0 Å². The molecular weight excluding hydrogens is 635 g/mol. The second-order valence-electron chi connectivity index (χ2n) is 13.2. The lowest BCUT2D eigenvalue weighted by Crippen LogP contribution is -2.06. The molecule has 0 saturated heterocycles. The van der Waals surface area contributed by atoms with Crippen molar-refractivity contribution in [2.24, 2.45) is 0 Å². The lowest BCUT2D eigenvalue weighted by atomic mass is 9.94. The quantitative estimate of drug-likeness (QED) is 0.176. The molecule has 0 aliphatic rings. The number of fused-ring (bicyclic) bond motifs is 12. The van der Waals surface area contributed by atoms with Crippen LogP contribution in [0, 0.1) is 0 Å². The normalized spacial score (nSPS) is 11.8. The SMILES string of the molecule is c1ccc(-c2nc(-c3ccccc3)nc(-n3c4ccccc4c4c5c6ccccc6ccc5c5c(c6ccccc6n5-c5ccccc5)c43)n2)cc1. The van der Waals surface area contributed by atoms with Crippen LogP contribution in [0.25, 0.3) is 99.6 Å². The van der Waals surface area contributed by atoms with Crippen LogP contribution in [0.15, 0.2) is 176 Å². The summed E-state index contributed by atoms with van der Waals surface area (Å²) in [5.41, 5.74) is 7.41. The Morgan fingerprint density at radius 1 is 0.327 bits per heavy atom. The number of nitrogens with zero attached hydrogens (tertiary/aromatic N) is 5. The molecule has 0 spiro atoms. The van der Waals surface area contributed by atoms with E-state index in [0.29, 0.717) is 17.6 Å². The van der Waals surface area contributed by atoms with Crippen LogP contribution in [-0.2, 0) is 0 Å². The molecule has 5 heteroatoms. The Hall–Kier alpha value is -7.11. The van der Waals surface area contributed by atoms with Crippen LogP contribution in [0.4, 0.5) is 0 Å². The maximum atomic E-state index is 5.30. The lowest BCUT2D eigenvalue weighted by Gasteiger charge is -2.14. The van der Waals surface area contributed by atoms with Crippen LogP contribution in [0.1, 0.15) is 0 Å². The Balaban J connectivity index is 1.42. The molecule has 0 aliphatic carbocycles. The smallest absolute Gasteiger partial charge is 0.238 e. The summed E-state index contributed by atoms with van der Waals surface area (Å²) in [7, 11) is 0. The Bertz CT molecular complexity index is 3100. The first kappa shape index (κ1) is 28.7. The minimum absolute atomic E-state index is 0.580. The summed E-state index contributed by atoms with van der Waals surface area (Å²) in [6.45, 7) is 0. The molecule has 0 radical (unpaired) electrons. The van der Waals surface area contributed by atoms with Gasteiger partial charge in [0.1, 0.15) is 0 Å². The van der Waals surface area contributed by atoms with E-state index in [4.69, 9.17) is 15.0 Å². The third kappa shape index (κ3) is 4.14. The molecule has 0 atom stereocenters. The predicted molar refractivity (Wildman–Crippen MR) is 214 cm³/mol. The first-order chi connectivity index (χ1) is 25.8. The van der Waals surface area contributed by atoms with E-state index in [1.807, 2.05) is 36.4 Å². The van der Waals surface area contributed by atoms with Gasteiger partial charge < -0.3 is 4.57 Å². The van der Waals surface area contributed by atoms with Crippen LogP contribution in [-0.4, -0.2) is 24.1 Å². The van der Waals surface area contributed by atoms with Crippen molar-refractivity contribution in [1.82, 2.24) is 24.1 Å². The number of hydrogen-bond donors (Lipinski definition) is 0. The molecule has 0 unspecified atom stereocenters. The number of aromatic nitrogens is 5. The topological polar surface area (TPSA) is 48.5 Å². The summed E-state index contributed by atoms with van der Waals surface area (Å²) in [5.74, 6) is 1.84. The summed E-state index contributed by atoms with van der Waals surface area (Å²) in [6.07, 6.45) is 0. The summed E-state index contributed by atoms with van der Waals surface area (Å²) in [5, 5.41) is 9.51. The van der Waals surface area contributed by atoms with Crippen LogP contribution in [0.2, 0.25) is 0 Å². The summed E-state index contributed by atoms with van der Waals surface area (Å²) >= 11 is 0. The average molecular weight is 664 g/mol. The second kappa shape index (κ2) is 11.2. The maximum absolute atomic E-state index is 5.30. The van der Waals surface area contributed by atoms with Gasteiger partial charge in [-0.2, -0.15) is 9.97 Å². The van der Waals surface area contributed by atoms with Crippen LogP contribution in [0.3, 0.4) is 0 Å². The van der Waals surface area contributed by atoms with Gasteiger partial charge in [0.15, 0.2) is 11.6 Å². The van der Waals surface area contributed by atoms with Crippen LogP contribution >= 0.6 is 0 Å². The highest BCUT2D eigenvalue weighted by atomic mass is 15.2. The molecule has 0 N–H and O–H groups in total. The van der Waals surface area contributed by atoms with E-state index in [1.165, 1.54) is 32.3 Å². The van der Waals surface area contributed by atoms with Crippen molar-refractivity contribution in [1.29, 1.82) is 0 Å². The minimum Gasteiger partial charge on any atom is -0.309 e. The number of hydrogen-bond acceptors (Lipinski definition) is 3. The van der Waals surface area contributed by atoms with Crippen molar-refractivity contribution < 1.29 is 0 Å². The first-order valence-corrected chi connectivity index (χ1v) is 17.6. The molecule has 5 nitrogen and oxygen atoms in total. The van der Waals surface area contributed by atoms with Crippen molar-refractivity contribution in [2.75, 3.05) is 0 Å². The molecule has 8 aromatic carbocycles. The van der Waals surface area contributed by atoms with Gasteiger partial charge >= 0.3 is 0 Å². The number of rotatable bonds is 4. The monoisotopic (exact) mass is 663 g/mol. The Morgan fingerprint density at radius 2 is 0.846 bits per heavy atom. The summed E-state index contributed by atoms with van der Waals surface area (Å²) in [6, 6.07) is 61.9. The molecule has 242 valence electrons. The van der Waals surface area contributed by atoms with E-state index in [9.17, 15) is 0 Å². The van der Waals surface area contributed by atoms with Gasteiger partial charge in [-0.3, -0.25) is 4.57 Å². The van der Waals surface area contributed by atoms with Crippen LogP contribution in [0.5, 0.6) is 0 Å². The highest BCUT2D eigenvalue weighted by Gasteiger charge is 2.26. The van der Waals surface area contributed by atoms with Gasteiger partial charge in [0.05, 0.1) is 22.1 Å². The fourth-order valence-electron chi connectivity index (χ4n) is 8.15. The molecule has 52 heavy (non-hydrogen) atoms. The zero-order valence-corrected chi connectivity index (χ0v) is 28.0. The van der Waals surface area contributed by atoms with E-state index in [1.54, 1.807) is 0 Å². The van der Waals surface area contributed by atoms with Crippen molar-refractivity contribution in [3.8, 4) is 34.4 Å². The highest BCUT2D eigenvalue weighted by molar-refractivity contribution is 6.40. The molecular formula is C47H29N5. The fourth-order valence-corrected chi connectivity index (χ4v) is 8.15. The van der Waals surface area contributed by atoms with E-state index in [0.717, 1.165) is 49.7 Å². The second-order valence-corrected chi connectivity index (χ2v) is 13.2. The van der Waals surface area contributed by atoms with E-state index in [2.05, 4.69) is 149 Å². The Kier molecular flexibility index (Phi) is 6.18. The predicted octanol–water partition coefficient (Wildman–Crippen LogP) is 11.7. The molecule has 3 heterocycles.